The van der Waals surface area contributed by atoms with Crippen molar-refractivity contribution in [2.45, 2.75) is 51.5 Å². The molecule has 2 unspecified atom stereocenters. The molecule has 4 heteroatoms. The molecule has 18 heavy (non-hydrogen) atoms. The molecule has 2 atom stereocenters. The third-order valence-corrected chi connectivity index (χ3v) is 5.03. The van der Waals surface area contributed by atoms with E-state index in [0.717, 1.165) is 19.6 Å². The van der Waals surface area contributed by atoms with Crippen LogP contribution in [0.5, 0.6) is 0 Å². The first-order chi connectivity index (χ1) is 8.36. The molecule has 2 heterocycles. The zero-order valence-electron chi connectivity index (χ0n) is 11.7. The lowest BCUT2D eigenvalue weighted by atomic mass is 9.93. The number of halogens is 1. The van der Waals surface area contributed by atoms with Gasteiger partial charge in [-0.25, -0.2) is 4.98 Å². The predicted octanol–water partition coefficient (Wildman–Crippen LogP) is 3.89. The molecule has 0 saturated carbocycles. The summed E-state index contributed by atoms with van der Waals surface area (Å²) in [5.41, 5.74) is 1.36. The van der Waals surface area contributed by atoms with Crippen LogP contribution < -0.4 is 0 Å². The second-order valence-corrected chi connectivity index (χ2v) is 7.90. The number of nitrogens with zero attached hydrogens (tertiary/aromatic N) is 2. The first-order valence-electron chi connectivity index (χ1n) is 6.67. The summed E-state index contributed by atoms with van der Waals surface area (Å²) in [6.07, 6.45) is 1.20. The highest BCUT2D eigenvalue weighted by molar-refractivity contribution is 7.09. The molecule has 2 nitrogen and oxygen atoms in total. The monoisotopic (exact) mass is 286 g/mol. The van der Waals surface area contributed by atoms with Crippen LogP contribution in [0.25, 0.3) is 0 Å². The van der Waals surface area contributed by atoms with Crippen molar-refractivity contribution in [2.24, 2.45) is 5.92 Å². The molecule has 1 aromatic heterocycles. The van der Waals surface area contributed by atoms with Gasteiger partial charge in [0, 0.05) is 22.7 Å². The molecule has 0 bridgehead atoms. The van der Waals surface area contributed by atoms with Crippen LogP contribution in [-0.4, -0.2) is 28.4 Å². The fraction of sp³-hybridized carbons (Fsp3) is 0.786. The van der Waals surface area contributed by atoms with Gasteiger partial charge in [0.1, 0.15) is 5.01 Å². The number of likely N-dealkylation sites (tertiary alicyclic amines) is 1. The van der Waals surface area contributed by atoms with Crippen LogP contribution in [0.4, 0.5) is 0 Å². The minimum atomic E-state index is 0.153. The molecular formula is C14H23ClN2S. The van der Waals surface area contributed by atoms with Crippen molar-refractivity contribution >= 4 is 22.9 Å². The van der Waals surface area contributed by atoms with Crippen molar-refractivity contribution in [1.82, 2.24) is 9.88 Å². The number of hydrogen-bond donors (Lipinski definition) is 0. The van der Waals surface area contributed by atoms with Gasteiger partial charge in [-0.15, -0.1) is 22.9 Å². The minimum Gasteiger partial charge on any atom is -0.295 e. The maximum Gasteiger partial charge on any atom is 0.107 e. The fourth-order valence-electron chi connectivity index (χ4n) is 2.15. The first-order valence-corrected chi connectivity index (χ1v) is 7.99. The van der Waals surface area contributed by atoms with Crippen molar-refractivity contribution in [3.8, 4) is 0 Å². The Labute approximate surface area is 119 Å². The van der Waals surface area contributed by atoms with E-state index < -0.39 is 0 Å². The molecule has 2 rings (SSSR count). The third-order valence-electron chi connectivity index (χ3n) is 3.63. The van der Waals surface area contributed by atoms with Crippen LogP contribution in [0.3, 0.4) is 0 Å². The van der Waals surface area contributed by atoms with Crippen LogP contribution in [-0.2, 0) is 12.0 Å². The van der Waals surface area contributed by atoms with Crippen LogP contribution in [0.15, 0.2) is 5.38 Å². The molecule has 1 aliphatic rings. The number of hydrogen-bond acceptors (Lipinski definition) is 3. The van der Waals surface area contributed by atoms with Gasteiger partial charge in [-0.1, -0.05) is 27.7 Å². The van der Waals surface area contributed by atoms with E-state index >= 15 is 0 Å². The van der Waals surface area contributed by atoms with Gasteiger partial charge in [0.05, 0.1) is 12.2 Å². The highest BCUT2D eigenvalue weighted by atomic mass is 35.5. The number of thiazole rings is 1. The predicted molar refractivity (Wildman–Crippen MR) is 79.5 cm³/mol. The summed E-state index contributed by atoms with van der Waals surface area (Å²) >= 11 is 8.12. The molecule has 0 N–H and O–H groups in total. The molecule has 1 saturated heterocycles. The fourth-order valence-corrected chi connectivity index (χ4v) is 3.53. The Hall–Kier alpha value is -0.120. The summed E-state index contributed by atoms with van der Waals surface area (Å²) in [5.74, 6) is 0.643. The topological polar surface area (TPSA) is 16.1 Å². The average molecular weight is 287 g/mol. The molecule has 0 amide bonds. The number of alkyl halides is 1. The highest BCUT2D eigenvalue weighted by Gasteiger charge is 2.25. The van der Waals surface area contributed by atoms with E-state index in [1.807, 2.05) is 0 Å². The Kier molecular flexibility index (Phi) is 4.35. The summed E-state index contributed by atoms with van der Waals surface area (Å²) < 4.78 is 0. The summed E-state index contributed by atoms with van der Waals surface area (Å²) in [7, 11) is 0. The van der Waals surface area contributed by atoms with E-state index in [9.17, 15) is 0 Å². The van der Waals surface area contributed by atoms with Gasteiger partial charge in [-0.3, -0.25) is 4.90 Å². The molecule has 0 spiro atoms. The summed E-state index contributed by atoms with van der Waals surface area (Å²) in [6.45, 7) is 12.0. The van der Waals surface area contributed by atoms with Gasteiger partial charge in [0.25, 0.3) is 0 Å². The number of aromatic nitrogens is 1. The Bertz CT molecular complexity index is 397. The second kappa shape index (κ2) is 5.48. The third kappa shape index (κ3) is 3.46. The molecule has 0 radical (unpaired) electrons. The van der Waals surface area contributed by atoms with E-state index in [2.05, 4.69) is 38.0 Å². The van der Waals surface area contributed by atoms with E-state index in [-0.39, 0.29) is 5.41 Å². The van der Waals surface area contributed by atoms with Gasteiger partial charge in [0.15, 0.2) is 0 Å². The molecule has 0 aliphatic carbocycles. The molecular weight excluding hydrogens is 264 g/mol. The van der Waals surface area contributed by atoms with Crippen LogP contribution in [0.2, 0.25) is 0 Å². The van der Waals surface area contributed by atoms with Gasteiger partial charge in [-0.05, 0) is 18.9 Å². The van der Waals surface area contributed by atoms with Gasteiger partial charge >= 0.3 is 0 Å². The zero-order chi connectivity index (χ0) is 13.3. The van der Waals surface area contributed by atoms with Crippen LogP contribution >= 0.6 is 22.9 Å². The Morgan fingerprint density at radius 1 is 1.50 bits per heavy atom. The zero-order valence-corrected chi connectivity index (χ0v) is 13.3. The Morgan fingerprint density at radius 2 is 2.22 bits per heavy atom. The first kappa shape index (κ1) is 14.3. The van der Waals surface area contributed by atoms with E-state index in [4.69, 9.17) is 16.6 Å². The molecule has 1 aromatic rings. The lowest BCUT2D eigenvalue weighted by molar-refractivity contribution is 0.189. The lowest BCUT2D eigenvalue weighted by Gasteiger charge is -2.33. The molecule has 102 valence electrons. The average Bonchev–Trinajstić information content (AvgIpc) is 2.72. The minimum absolute atomic E-state index is 0.153. The lowest BCUT2D eigenvalue weighted by Crippen LogP contribution is -2.39. The van der Waals surface area contributed by atoms with Crippen molar-refractivity contribution in [2.75, 3.05) is 13.1 Å². The molecule has 0 aromatic carbocycles. The second-order valence-electron chi connectivity index (χ2n) is 6.39. The van der Waals surface area contributed by atoms with Crippen LogP contribution in [0, 0.1) is 5.92 Å². The Balaban J connectivity index is 1.96. The Morgan fingerprint density at radius 3 is 2.78 bits per heavy atom. The van der Waals surface area contributed by atoms with Gasteiger partial charge < -0.3 is 0 Å². The SMILES string of the molecule is CC1CCN(Cc2nc(C(C)(C)C)cs2)CC1Cl. The summed E-state index contributed by atoms with van der Waals surface area (Å²) in [5, 5.41) is 3.71. The normalized spacial score (nSPS) is 26.5. The largest absolute Gasteiger partial charge is 0.295 e. The molecule has 1 aliphatic heterocycles. The smallest absolute Gasteiger partial charge is 0.107 e. The van der Waals surface area contributed by atoms with Crippen molar-refractivity contribution in [1.29, 1.82) is 0 Å². The molecule has 1 fully saturated rings. The van der Waals surface area contributed by atoms with Crippen molar-refractivity contribution in [3.05, 3.63) is 16.1 Å². The van der Waals surface area contributed by atoms with E-state index in [1.54, 1.807) is 11.3 Å². The summed E-state index contributed by atoms with van der Waals surface area (Å²) in [6, 6.07) is 0. The quantitative estimate of drug-likeness (QED) is 0.767. The van der Waals surface area contributed by atoms with Crippen molar-refractivity contribution in [3.63, 3.8) is 0 Å². The van der Waals surface area contributed by atoms with Gasteiger partial charge in [0.2, 0.25) is 0 Å². The van der Waals surface area contributed by atoms with E-state index in [0.29, 0.717) is 11.3 Å². The number of rotatable bonds is 2. The van der Waals surface area contributed by atoms with Gasteiger partial charge in [-0.2, -0.15) is 0 Å². The standard InChI is InChI=1S/C14H23ClN2S/c1-10-5-6-17(7-11(10)15)8-13-16-12(9-18-13)14(2,3)4/h9-11H,5-8H2,1-4H3. The maximum atomic E-state index is 6.35. The van der Waals surface area contributed by atoms with E-state index in [1.165, 1.54) is 17.1 Å². The van der Waals surface area contributed by atoms with Crippen molar-refractivity contribution < 1.29 is 0 Å². The number of piperidine rings is 1. The summed E-state index contributed by atoms with van der Waals surface area (Å²) in [4.78, 5) is 7.19. The maximum absolute atomic E-state index is 6.35. The van der Waals surface area contributed by atoms with Crippen LogP contribution in [0.1, 0.15) is 44.8 Å². The highest BCUT2D eigenvalue weighted by Crippen LogP contribution is 2.26.